The predicted molar refractivity (Wildman–Crippen MR) is 106 cm³/mol. The highest BCUT2D eigenvalue weighted by molar-refractivity contribution is 7.85. The highest BCUT2D eigenvalue weighted by Gasteiger charge is 2.09. The zero-order valence-electron chi connectivity index (χ0n) is 13.4. The molecule has 1 aromatic heterocycles. The molecule has 0 aliphatic rings. The number of carbonyl (C=O) groups excluding carboxylic acids is 1. The second-order valence-electron chi connectivity index (χ2n) is 5.38. The first-order chi connectivity index (χ1) is 12.5. The maximum atomic E-state index is 12.2. The highest BCUT2D eigenvalue weighted by atomic mass is 35.5. The molecule has 0 spiro atoms. The predicted octanol–water partition coefficient (Wildman–Crippen LogP) is 5.38. The first kappa shape index (κ1) is 17.9. The van der Waals surface area contributed by atoms with Gasteiger partial charge in [0.15, 0.2) is 0 Å². The van der Waals surface area contributed by atoms with Gasteiger partial charge in [0, 0.05) is 16.3 Å². The van der Waals surface area contributed by atoms with Gasteiger partial charge in [-0.05, 0) is 66.7 Å². The van der Waals surface area contributed by atoms with E-state index >= 15 is 0 Å². The summed E-state index contributed by atoms with van der Waals surface area (Å²) in [5, 5.41) is 12.1. The summed E-state index contributed by atoms with van der Waals surface area (Å²) in [6, 6.07) is 19.4. The zero-order chi connectivity index (χ0) is 18.5. The van der Waals surface area contributed by atoms with Gasteiger partial charge in [-0.3, -0.25) is 4.79 Å². The molecular weight excluding hydrogens is 368 g/mol. The van der Waals surface area contributed by atoms with Crippen molar-refractivity contribution < 1.29 is 9.21 Å². The van der Waals surface area contributed by atoms with Crippen LogP contribution in [-0.2, 0) is 4.79 Å². The first-order valence-electron chi connectivity index (χ1n) is 7.63. The van der Waals surface area contributed by atoms with E-state index in [1.807, 2.05) is 24.3 Å². The Kier molecular flexibility index (Phi) is 5.47. The average molecular weight is 381 g/mol. The summed E-state index contributed by atoms with van der Waals surface area (Å²) in [5.41, 5.74) is 1.99. The van der Waals surface area contributed by atoms with E-state index in [0.29, 0.717) is 27.8 Å². The molecule has 128 valence electrons. The van der Waals surface area contributed by atoms with Crippen molar-refractivity contribution in [2.45, 2.75) is 0 Å². The van der Waals surface area contributed by atoms with Crippen molar-refractivity contribution in [3.63, 3.8) is 0 Å². The van der Waals surface area contributed by atoms with Gasteiger partial charge >= 0.3 is 0 Å². The molecule has 0 unspecified atom stereocenters. The van der Waals surface area contributed by atoms with Gasteiger partial charge in [-0.25, -0.2) is 0 Å². The highest BCUT2D eigenvalue weighted by Crippen LogP contribution is 2.25. The molecule has 6 heteroatoms. The normalized spacial score (nSPS) is 11.0. The number of nitrogens with one attached hydrogen (secondary N) is 1. The van der Waals surface area contributed by atoms with Gasteiger partial charge in [-0.2, -0.15) is 5.26 Å². The van der Waals surface area contributed by atoms with E-state index in [1.54, 1.807) is 48.5 Å². The van der Waals surface area contributed by atoms with Crippen LogP contribution in [-0.4, -0.2) is 5.91 Å². The molecule has 1 amide bonds. The van der Waals surface area contributed by atoms with E-state index in [0.717, 1.165) is 5.56 Å². The summed E-state index contributed by atoms with van der Waals surface area (Å²) in [5.74, 6) is 0.805. The Morgan fingerprint density at radius 2 is 1.77 bits per heavy atom. The average Bonchev–Trinajstić information content (AvgIpc) is 3.11. The summed E-state index contributed by atoms with van der Waals surface area (Å²) in [6.07, 6.45) is 1.54. The number of furan rings is 1. The fourth-order valence-electron chi connectivity index (χ4n) is 2.22. The lowest BCUT2D eigenvalue weighted by Crippen LogP contribution is -2.11. The monoisotopic (exact) mass is 380 g/mol. The van der Waals surface area contributed by atoms with E-state index in [9.17, 15) is 4.79 Å². The van der Waals surface area contributed by atoms with E-state index < -0.39 is 0 Å². The van der Waals surface area contributed by atoms with Gasteiger partial charge in [0.25, 0.3) is 5.91 Å². The molecule has 2 aromatic carbocycles. The number of nitrogens with zero attached hydrogens (tertiary/aromatic N) is 1. The number of hydrogen-bond acceptors (Lipinski definition) is 4. The van der Waals surface area contributed by atoms with Crippen LogP contribution >= 0.6 is 24.2 Å². The summed E-state index contributed by atoms with van der Waals surface area (Å²) in [4.78, 5) is 12.4. The summed E-state index contributed by atoms with van der Waals surface area (Å²) >= 11 is 10.1. The fraction of sp³-hybridized carbons (Fsp3) is 0. The minimum absolute atomic E-state index is 0.200. The van der Waals surface area contributed by atoms with Gasteiger partial charge in [-0.1, -0.05) is 11.6 Å². The first-order valence-corrected chi connectivity index (χ1v) is 8.45. The molecule has 3 aromatic rings. The second kappa shape index (κ2) is 7.96. The number of rotatable bonds is 4. The van der Waals surface area contributed by atoms with E-state index in [1.165, 1.54) is 0 Å². The van der Waals surface area contributed by atoms with Crippen LogP contribution in [0, 0.1) is 11.3 Å². The minimum Gasteiger partial charge on any atom is -0.457 e. The van der Waals surface area contributed by atoms with Crippen LogP contribution in [0.2, 0.25) is 5.02 Å². The van der Waals surface area contributed by atoms with Gasteiger partial charge in [0.1, 0.15) is 11.5 Å². The molecular formula is C20H13ClN2O2S. The molecule has 0 aliphatic heterocycles. The molecule has 0 aliphatic carbocycles. The second-order valence-corrected chi connectivity index (χ2v) is 6.30. The Morgan fingerprint density at radius 3 is 2.42 bits per heavy atom. The van der Waals surface area contributed by atoms with Crippen LogP contribution in [0.25, 0.3) is 17.4 Å². The van der Waals surface area contributed by atoms with Crippen molar-refractivity contribution in [3.05, 3.63) is 81.9 Å². The van der Waals surface area contributed by atoms with Crippen LogP contribution in [0.1, 0.15) is 11.3 Å². The van der Waals surface area contributed by atoms with Crippen molar-refractivity contribution >= 4 is 41.9 Å². The van der Waals surface area contributed by atoms with Crippen molar-refractivity contribution in [1.29, 1.82) is 5.26 Å². The molecule has 4 nitrogen and oxygen atoms in total. The lowest BCUT2D eigenvalue weighted by atomic mass is 10.2. The summed E-state index contributed by atoms with van der Waals surface area (Å²) < 4.78 is 5.73. The Morgan fingerprint density at radius 1 is 1.08 bits per heavy atom. The number of halogens is 1. The van der Waals surface area contributed by atoms with E-state index in [4.69, 9.17) is 21.3 Å². The minimum atomic E-state index is -0.373. The summed E-state index contributed by atoms with van der Waals surface area (Å²) in [7, 11) is 0. The molecule has 1 N–H and O–H groups in total. The van der Waals surface area contributed by atoms with Gasteiger partial charge in [0.05, 0.1) is 16.5 Å². The third-order valence-electron chi connectivity index (χ3n) is 3.54. The fourth-order valence-corrected chi connectivity index (χ4v) is 2.53. The molecule has 0 bridgehead atoms. The Balaban J connectivity index is 1.71. The number of hydrogen-bond donors (Lipinski definition) is 2. The van der Waals surface area contributed by atoms with Gasteiger partial charge in [-0.15, -0.1) is 12.6 Å². The molecule has 3 rings (SSSR count). The van der Waals surface area contributed by atoms with Crippen molar-refractivity contribution in [1.82, 2.24) is 0 Å². The number of nitriles is 1. The SMILES string of the molecule is N#Cc1ccc(NC(=O)/C(S)=C/c2ccc(-c3ccc(Cl)cc3)o2)cc1. The van der Waals surface area contributed by atoms with Crippen LogP contribution in [0.5, 0.6) is 0 Å². The lowest BCUT2D eigenvalue weighted by Gasteiger charge is -2.04. The standard InChI is InChI=1S/C20H13ClN2O2S/c21-15-5-3-14(4-6-15)18-10-9-17(25-18)11-19(26)20(24)23-16-7-1-13(12-22)2-8-16/h1-11,26H,(H,23,24)/b19-11-. The molecule has 26 heavy (non-hydrogen) atoms. The van der Waals surface area contributed by atoms with Gasteiger partial charge in [0.2, 0.25) is 0 Å². The molecule has 0 atom stereocenters. The van der Waals surface area contributed by atoms with Crippen LogP contribution in [0.15, 0.2) is 70.0 Å². The Bertz CT molecular complexity index is 1000. The Labute approximate surface area is 161 Å². The van der Waals surface area contributed by atoms with Gasteiger partial charge < -0.3 is 9.73 Å². The number of carbonyl (C=O) groups is 1. The van der Waals surface area contributed by atoms with Crippen LogP contribution in [0.3, 0.4) is 0 Å². The lowest BCUT2D eigenvalue weighted by molar-refractivity contribution is -0.112. The maximum Gasteiger partial charge on any atom is 0.261 e. The van der Waals surface area contributed by atoms with Crippen LogP contribution in [0.4, 0.5) is 5.69 Å². The largest absolute Gasteiger partial charge is 0.457 e. The van der Waals surface area contributed by atoms with E-state index in [2.05, 4.69) is 17.9 Å². The number of thiol groups is 1. The van der Waals surface area contributed by atoms with E-state index in [-0.39, 0.29) is 10.8 Å². The molecule has 0 fully saturated rings. The quantitative estimate of drug-likeness (QED) is 0.471. The smallest absolute Gasteiger partial charge is 0.261 e. The Hall–Kier alpha value is -2.94. The number of amides is 1. The van der Waals surface area contributed by atoms with Crippen LogP contribution < -0.4 is 5.32 Å². The molecule has 0 saturated heterocycles. The molecule has 0 saturated carbocycles. The zero-order valence-corrected chi connectivity index (χ0v) is 15.1. The maximum absolute atomic E-state index is 12.2. The molecule has 0 radical (unpaired) electrons. The van der Waals surface area contributed by atoms with Crippen molar-refractivity contribution in [2.75, 3.05) is 5.32 Å². The number of benzene rings is 2. The molecule has 1 heterocycles. The van der Waals surface area contributed by atoms with Crippen molar-refractivity contribution in [3.8, 4) is 17.4 Å². The topological polar surface area (TPSA) is 66.0 Å². The summed E-state index contributed by atoms with van der Waals surface area (Å²) in [6.45, 7) is 0. The third-order valence-corrected chi connectivity index (χ3v) is 4.12. The third kappa shape index (κ3) is 4.37. The number of anilines is 1. The van der Waals surface area contributed by atoms with Crippen molar-refractivity contribution in [2.24, 2.45) is 0 Å².